The van der Waals surface area contributed by atoms with Crippen molar-refractivity contribution in [1.82, 2.24) is 5.32 Å². The molecule has 0 heterocycles. The Balaban J connectivity index is 1.55. The number of fused-ring (bicyclic) bond motifs is 5. The molecule has 0 unspecified atom stereocenters. The summed E-state index contributed by atoms with van der Waals surface area (Å²) in [4.78, 5) is 11.8. The second-order valence-corrected chi connectivity index (χ2v) is 9.90. The van der Waals surface area contributed by atoms with E-state index in [1.165, 1.54) is 45.6 Å². The fraction of sp³-hybridized carbons (Fsp3) is 0.952. The highest BCUT2D eigenvalue weighted by Crippen LogP contribution is 2.66. The van der Waals surface area contributed by atoms with Gasteiger partial charge in [-0.05, 0) is 92.3 Å². The maximum Gasteiger partial charge on any atom is 0.407 e. The molecule has 4 nitrogen and oxygen atoms in total. The molecule has 142 valence electrons. The van der Waals surface area contributed by atoms with E-state index in [1.807, 2.05) is 0 Å². The number of aliphatic hydroxyl groups is 1. The third-order valence-electron chi connectivity index (χ3n) is 9.12. The second kappa shape index (κ2) is 6.14. The number of alkyl carbamates (subject to hydrolysis) is 1. The molecule has 0 aromatic carbocycles. The number of methoxy groups -OCH3 is 1. The van der Waals surface area contributed by atoms with E-state index in [1.54, 1.807) is 0 Å². The van der Waals surface area contributed by atoms with E-state index in [-0.39, 0.29) is 23.7 Å². The number of carbonyl (C=O) groups excluding carboxylic acids is 1. The molecule has 4 rings (SSSR count). The van der Waals surface area contributed by atoms with Gasteiger partial charge in [0, 0.05) is 6.04 Å². The number of ether oxygens (including phenoxy) is 1. The van der Waals surface area contributed by atoms with E-state index in [0.29, 0.717) is 11.3 Å². The summed E-state index contributed by atoms with van der Waals surface area (Å²) in [6.07, 6.45) is 10.3. The normalized spacial score (nSPS) is 51.8. The summed E-state index contributed by atoms with van der Waals surface area (Å²) in [6.45, 7) is 4.95. The molecule has 25 heavy (non-hydrogen) atoms. The Hall–Kier alpha value is -0.770. The molecule has 0 radical (unpaired) electrons. The van der Waals surface area contributed by atoms with Crippen LogP contribution in [0.15, 0.2) is 0 Å². The van der Waals surface area contributed by atoms with E-state index in [2.05, 4.69) is 19.2 Å². The van der Waals surface area contributed by atoms with Crippen LogP contribution in [0.4, 0.5) is 4.79 Å². The number of nitrogens with one attached hydrogen (secondary N) is 1. The number of rotatable bonds is 1. The molecule has 0 bridgehead atoms. The van der Waals surface area contributed by atoms with Crippen LogP contribution in [0.25, 0.3) is 0 Å². The molecule has 0 aromatic heterocycles. The van der Waals surface area contributed by atoms with Gasteiger partial charge in [-0.1, -0.05) is 13.8 Å². The SMILES string of the molecule is COC(=O)N[C@H]1CC[C@@H]2[C@@H]3CC[C@H]4C[C@H](O)CC[C@@]4(C)[C@H]3CC[C@@]12C. The topological polar surface area (TPSA) is 58.6 Å². The molecule has 4 aliphatic rings. The zero-order chi connectivity index (χ0) is 17.8. The molecular weight excluding hydrogens is 314 g/mol. The first kappa shape index (κ1) is 17.6. The predicted octanol–water partition coefficient (Wildman–Crippen LogP) is 4.11. The van der Waals surface area contributed by atoms with Crippen molar-refractivity contribution in [2.75, 3.05) is 7.11 Å². The summed E-state index contributed by atoms with van der Waals surface area (Å²) in [7, 11) is 1.46. The van der Waals surface area contributed by atoms with E-state index in [4.69, 9.17) is 4.74 Å². The second-order valence-electron chi connectivity index (χ2n) is 9.90. The monoisotopic (exact) mass is 349 g/mol. The van der Waals surface area contributed by atoms with Crippen molar-refractivity contribution in [2.45, 2.75) is 83.8 Å². The van der Waals surface area contributed by atoms with Crippen LogP contribution in [0.5, 0.6) is 0 Å². The van der Waals surface area contributed by atoms with Gasteiger partial charge < -0.3 is 15.2 Å². The van der Waals surface area contributed by atoms with Gasteiger partial charge in [0.15, 0.2) is 0 Å². The lowest BCUT2D eigenvalue weighted by Crippen LogP contribution is -2.56. The molecule has 8 atom stereocenters. The predicted molar refractivity (Wildman–Crippen MR) is 97.1 cm³/mol. The largest absolute Gasteiger partial charge is 0.453 e. The summed E-state index contributed by atoms with van der Waals surface area (Å²) >= 11 is 0. The number of carbonyl (C=O) groups is 1. The molecule has 1 amide bonds. The van der Waals surface area contributed by atoms with Gasteiger partial charge in [-0.3, -0.25) is 0 Å². The maximum atomic E-state index is 11.8. The maximum absolute atomic E-state index is 11.8. The minimum Gasteiger partial charge on any atom is -0.453 e. The van der Waals surface area contributed by atoms with Crippen LogP contribution < -0.4 is 5.32 Å². The molecule has 2 N–H and O–H groups in total. The zero-order valence-corrected chi connectivity index (χ0v) is 16.1. The zero-order valence-electron chi connectivity index (χ0n) is 16.1. The van der Waals surface area contributed by atoms with Gasteiger partial charge in [0.1, 0.15) is 0 Å². The Morgan fingerprint density at radius 2 is 1.72 bits per heavy atom. The third-order valence-corrected chi connectivity index (χ3v) is 9.12. The van der Waals surface area contributed by atoms with E-state index in [9.17, 15) is 9.90 Å². The Kier molecular flexibility index (Phi) is 4.33. The molecular formula is C21H35NO3. The van der Waals surface area contributed by atoms with Crippen molar-refractivity contribution in [3.63, 3.8) is 0 Å². The van der Waals surface area contributed by atoms with Gasteiger partial charge in [-0.15, -0.1) is 0 Å². The van der Waals surface area contributed by atoms with Crippen LogP contribution in [0.2, 0.25) is 0 Å². The van der Waals surface area contributed by atoms with Crippen molar-refractivity contribution in [1.29, 1.82) is 0 Å². The molecule has 4 fully saturated rings. The van der Waals surface area contributed by atoms with Gasteiger partial charge in [0.2, 0.25) is 0 Å². The van der Waals surface area contributed by atoms with E-state index in [0.717, 1.165) is 37.0 Å². The molecule has 4 saturated carbocycles. The number of hydrogen-bond acceptors (Lipinski definition) is 3. The highest BCUT2D eigenvalue weighted by atomic mass is 16.5. The minimum absolute atomic E-state index is 0.0661. The summed E-state index contributed by atoms with van der Waals surface area (Å²) in [5, 5.41) is 13.3. The molecule has 4 aliphatic carbocycles. The summed E-state index contributed by atoms with van der Waals surface area (Å²) in [5.41, 5.74) is 0.657. The first-order chi connectivity index (χ1) is 11.9. The van der Waals surface area contributed by atoms with Crippen LogP contribution in [0.3, 0.4) is 0 Å². The molecule has 0 aliphatic heterocycles. The number of aliphatic hydroxyl groups excluding tert-OH is 1. The fourth-order valence-electron chi connectivity index (χ4n) is 7.67. The Labute approximate surface area is 152 Å². The molecule has 4 heteroatoms. The third kappa shape index (κ3) is 2.62. The van der Waals surface area contributed by atoms with Crippen LogP contribution in [-0.4, -0.2) is 30.5 Å². The number of hydrogen-bond donors (Lipinski definition) is 2. The highest BCUT2D eigenvalue weighted by molar-refractivity contribution is 5.67. The van der Waals surface area contributed by atoms with Crippen LogP contribution >= 0.6 is 0 Å². The fourth-order valence-corrected chi connectivity index (χ4v) is 7.67. The summed E-state index contributed by atoms with van der Waals surface area (Å²) < 4.78 is 4.87. The van der Waals surface area contributed by atoms with Gasteiger partial charge in [0.25, 0.3) is 0 Å². The standard InChI is InChI=1S/C21H35NO3/c1-20-10-8-14(23)12-13(20)4-5-15-16-6-7-18(22-19(24)25-3)21(16,2)11-9-17(15)20/h13-18,23H,4-12H2,1-3H3,(H,22,24)/t13-,14+,15-,16+,17-,18-,20+,21+/m0/s1. The van der Waals surface area contributed by atoms with Crippen molar-refractivity contribution >= 4 is 6.09 Å². The summed E-state index contributed by atoms with van der Waals surface area (Å²) in [5.74, 6) is 3.07. The average molecular weight is 350 g/mol. The highest BCUT2D eigenvalue weighted by Gasteiger charge is 2.60. The lowest BCUT2D eigenvalue weighted by Gasteiger charge is -2.60. The first-order valence-electron chi connectivity index (χ1n) is 10.4. The lowest BCUT2D eigenvalue weighted by atomic mass is 9.45. The van der Waals surface area contributed by atoms with E-state index >= 15 is 0 Å². The molecule has 0 saturated heterocycles. The van der Waals surface area contributed by atoms with Crippen molar-refractivity contribution < 1.29 is 14.6 Å². The quantitative estimate of drug-likeness (QED) is 0.749. The van der Waals surface area contributed by atoms with Gasteiger partial charge in [-0.2, -0.15) is 0 Å². The van der Waals surface area contributed by atoms with Crippen LogP contribution in [-0.2, 0) is 4.74 Å². The Morgan fingerprint density at radius 1 is 1.00 bits per heavy atom. The smallest absolute Gasteiger partial charge is 0.407 e. The summed E-state index contributed by atoms with van der Waals surface area (Å²) in [6, 6.07) is 0.268. The van der Waals surface area contributed by atoms with Crippen molar-refractivity contribution in [3.8, 4) is 0 Å². The average Bonchev–Trinajstić information content (AvgIpc) is 2.92. The minimum atomic E-state index is -0.272. The first-order valence-corrected chi connectivity index (χ1v) is 10.4. The van der Waals surface area contributed by atoms with Crippen molar-refractivity contribution in [2.24, 2.45) is 34.5 Å². The van der Waals surface area contributed by atoms with Gasteiger partial charge >= 0.3 is 6.09 Å². The molecule has 0 spiro atoms. The van der Waals surface area contributed by atoms with Crippen LogP contribution in [0.1, 0.15) is 71.6 Å². The van der Waals surface area contributed by atoms with E-state index < -0.39 is 0 Å². The van der Waals surface area contributed by atoms with Gasteiger partial charge in [0.05, 0.1) is 13.2 Å². The lowest BCUT2D eigenvalue weighted by molar-refractivity contribution is -0.123. The Morgan fingerprint density at radius 3 is 2.48 bits per heavy atom. The van der Waals surface area contributed by atoms with Crippen molar-refractivity contribution in [3.05, 3.63) is 0 Å². The molecule has 0 aromatic rings. The van der Waals surface area contributed by atoms with Crippen LogP contribution in [0, 0.1) is 34.5 Å². The number of amides is 1. The van der Waals surface area contributed by atoms with Gasteiger partial charge in [-0.25, -0.2) is 4.79 Å². The Bertz CT molecular complexity index is 537.